The van der Waals surface area contributed by atoms with Crippen molar-refractivity contribution in [1.82, 2.24) is 0 Å². The van der Waals surface area contributed by atoms with Gasteiger partial charge in [0, 0.05) is 6.26 Å². The molecule has 0 saturated heterocycles. The summed E-state index contributed by atoms with van der Waals surface area (Å²) in [5, 5.41) is 10.2. The van der Waals surface area contributed by atoms with Crippen LogP contribution < -0.4 is 0 Å². The lowest BCUT2D eigenvalue weighted by Crippen LogP contribution is -2.39. The zero-order valence-electron chi connectivity index (χ0n) is 11.4. The number of rotatable bonds is 4. The molecule has 17 heavy (non-hydrogen) atoms. The Hall–Kier alpha value is -0.0900. The SMILES string of the molecule is CC1CCC(C(C)(C)CCS(C)(=O)=O)C(O)C1. The van der Waals surface area contributed by atoms with E-state index in [1.54, 1.807) is 0 Å². The molecule has 1 fully saturated rings. The fourth-order valence-corrected chi connectivity index (χ4v) is 3.79. The van der Waals surface area contributed by atoms with Crippen LogP contribution in [0.2, 0.25) is 0 Å². The monoisotopic (exact) mass is 262 g/mol. The minimum atomic E-state index is -2.91. The van der Waals surface area contributed by atoms with Crippen molar-refractivity contribution < 1.29 is 13.5 Å². The molecule has 0 aromatic rings. The molecular formula is C13H26O3S. The first-order chi connectivity index (χ1) is 7.62. The molecule has 0 heterocycles. The van der Waals surface area contributed by atoms with Gasteiger partial charge in [-0.2, -0.15) is 0 Å². The molecule has 0 aromatic carbocycles. The molecule has 1 rings (SSSR count). The molecule has 1 aliphatic carbocycles. The number of hydrogen-bond donors (Lipinski definition) is 1. The summed E-state index contributed by atoms with van der Waals surface area (Å²) in [6.07, 6.45) is 4.66. The van der Waals surface area contributed by atoms with Crippen molar-refractivity contribution in [2.24, 2.45) is 17.3 Å². The van der Waals surface area contributed by atoms with Crippen LogP contribution in [0.15, 0.2) is 0 Å². The van der Waals surface area contributed by atoms with Crippen LogP contribution >= 0.6 is 0 Å². The zero-order chi connectivity index (χ0) is 13.3. The maximum Gasteiger partial charge on any atom is 0.147 e. The average molecular weight is 262 g/mol. The van der Waals surface area contributed by atoms with E-state index in [1.807, 2.05) is 0 Å². The molecule has 3 unspecified atom stereocenters. The predicted molar refractivity (Wildman–Crippen MR) is 70.6 cm³/mol. The van der Waals surface area contributed by atoms with E-state index in [9.17, 15) is 13.5 Å². The molecule has 1 saturated carbocycles. The Labute approximate surface area is 106 Å². The fourth-order valence-electron chi connectivity index (χ4n) is 2.90. The summed E-state index contributed by atoms with van der Waals surface area (Å²) in [7, 11) is -2.91. The summed E-state index contributed by atoms with van der Waals surface area (Å²) in [6.45, 7) is 6.34. The zero-order valence-corrected chi connectivity index (χ0v) is 12.3. The summed E-state index contributed by atoms with van der Waals surface area (Å²) in [5.74, 6) is 1.05. The van der Waals surface area contributed by atoms with Crippen molar-refractivity contribution in [2.45, 2.75) is 52.6 Å². The van der Waals surface area contributed by atoms with E-state index in [1.165, 1.54) is 6.26 Å². The second-order valence-corrected chi connectivity index (χ2v) is 8.72. The summed E-state index contributed by atoms with van der Waals surface area (Å²) in [5.41, 5.74) is -0.0946. The minimum Gasteiger partial charge on any atom is -0.393 e. The van der Waals surface area contributed by atoms with Crippen molar-refractivity contribution in [3.05, 3.63) is 0 Å². The van der Waals surface area contributed by atoms with Crippen LogP contribution in [-0.2, 0) is 9.84 Å². The largest absolute Gasteiger partial charge is 0.393 e. The van der Waals surface area contributed by atoms with Gasteiger partial charge < -0.3 is 5.11 Å². The summed E-state index contributed by atoms with van der Waals surface area (Å²) < 4.78 is 22.5. The molecule has 1 N–H and O–H groups in total. The van der Waals surface area contributed by atoms with Gasteiger partial charge in [-0.25, -0.2) is 8.42 Å². The van der Waals surface area contributed by atoms with Crippen molar-refractivity contribution in [1.29, 1.82) is 0 Å². The lowest BCUT2D eigenvalue weighted by Gasteiger charge is -2.42. The highest BCUT2D eigenvalue weighted by Crippen LogP contribution is 2.42. The summed E-state index contributed by atoms with van der Waals surface area (Å²) in [6, 6.07) is 0. The molecule has 0 aliphatic heterocycles. The highest BCUT2D eigenvalue weighted by atomic mass is 32.2. The van der Waals surface area contributed by atoms with Gasteiger partial charge in [0.15, 0.2) is 0 Å². The first-order valence-electron chi connectivity index (χ1n) is 6.47. The molecule has 0 aromatic heterocycles. The third-order valence-corrected chi connectivity index (χ3v) is 5.15. The second kappa shape index (κ2) is 5.27. The van der Waals surface area contributed by atoms with Gasteiger partial charge in [-0.15, -0.1) is 0 Å². The molecular weight excluding hydrogens is 236 g/mol. The van der Waals surface area contributed by atoms with Crippen LogP contribution in [0.5, 0.6) is 0 Å². The van der Waals surface area contributed by atoms with Gasteiger partial charge in [-0.05, 0) is 36.5 Å². The Morgan fingerprint density at radius 3 is 2.35 bits per heavy atom. The van der Waals surface area contributed by atoms with Crippen LogP contribution in [0.25, 0.3) is 0 Å². The van der Waals surface area contributed by atoms with Gasteiger partial charge in [0.2, 0.25) is 0 Å². The Morgan fingerprint density at radius 2 is 1.88 bits per heavy atom. The van der Waals surface area contributed by atoms with Crippen LogP contribution in [0.1, 0.15) is 46.5 Å². The van der Waals surface area contributed by atoms with Gasteiger partial charge in [0.05, 0.1) is 11.9 Å². The predicted octanol–water partition coefficient (Wildman–Crippen LogP) is 2.24. The van der Waals surface area contributed by atoms with Gasteiger partial charge in [-0.3, -0.25) is 0 Å². The molecule has 0 spiro atoms. The van der Waals surface area contributed by atoms with Crippen LogP contribution in [0.4, 0.5) is 0 Å². The molecule has 1 aliphatic rings. The van der Waals surface area contributed by atoms with Gasteiger partial charge >= 0.3 is 0 Å². The van der Waals surface area contributed by atoms with Crippen molar-refractivity contribution in [2.75, 3.05) is 12.0 Å². The van der Waals surface area contributed by atoms with Crippen LogP contribution in [0.3, 0.4) is 0 Å². The van der Waals surface area contributed by atoms with E-state index in [0.29, 0.717) is 12.3 Å². The third-order valence-electron chi connectivity index (χ3n) is 4.20. The van der Waals surface area contributed by atoms with Crippen molar-refractivity contribution in [3.8, 4) is 0 Å². The van der Waals surface area contributed by atoms with Gasteiger partial charge in [-0.1, -0.05) is 27.2 Å². The average Bonchev–Trinajstić information content (AvgIpc) is 2.13. The molecule has 4 heteroatoms. The van der Waals surface area contributed by atoms with Crippen LogP contribution in [-0.4, -0.2) is 31.6 Å². The van der Waals surface area contributed by atoms with Gasteiger partial charge in [0.1, 0.15) is 9.84 Å². The first kappa shape index (κ1) is 15.0. The van der Waals surface area contributed by atoms with E-state index in [-0.39, 0.29) is 23.2 Å². The lowest BCUT2D eigenvalue weighted by molar-refractivity contribution is -0.0138. The van der Waals surface area contributed by atoms with E-state index in [2.05, 4.69) is 20.8 Å². The number of hydrogen-bond acceptors (Lipinski definition) is 3. The molecule has 0 amide bonds. The number of aliphatic hydroxyl groups excluding tert-OH is 1. The fraction of sp³-hybridized carbons (Fsp3) is 1.00. The quantitative estimate of drug-likeness (QED) is 0.845. The Morgan fingerprint density at radius 1 is 1.29 bits per heavy atom. The smallest absolute Gasteiger partial charge is 0.147 e. The Balaban J connectivity index is 2.63. The van der Waals surface area contributed by atoms with E-state index in [0.717, 1.165) is 19.3 Å². The maximum absolute atomic E-state index is 11.2. The molecule has 3 nitrogen and oxygen atoms in total. The topological polar surface area (TPSA) is 54.4 Å². The third kappa shape index (κ3) is 4.59. The Kier molecular flexibility index (Phi) is 4.64. The summed E-state index contributed by atoms with van der Waals surface area (Å²) in [4.78, 5) is 0. The molecule has 0 bridgehead atoms. The number of aliphatic hydroxyl groups is 1. The van der Waals surface area contributed by atoms with Gasteiger partial charge in [0.25, 0.3) is 0 Å². The Bertz CT molecular complexity index is 346. The highest BCUT2D eigenvalue weighted by molar-refractivity contribution is 7.90. The normalized spacial score (nSPS) is 31.5. The maximum atomic E-state index is 11.2. The lowest BCUT2D eigenvalue weighted by atomic mass is 9.66. The summed E-state index contributed by atoms with van der Waals surface area (Å²) >= 11 is 0. The second-order valence-electron chi connectivity index (χ2n) is 6.46. The molecule has 102 valence electrons. The highest BCUT2D eigenvalue weighted by Gasteiger charge is 2.38. The van der Waals surface area contributed by atoms with Crippen molar-refractivity contribution >= 4 is 9.84 Å². The minimum absolute atomic E-state index is 0.0946. The van der Waals surface area contributed by atoms with Crippen molar-refractivity contribution in [3.63, 3.8) is 0 Å². The molecule has 3 atom stereocenters. The standard InChI is InChI=1S/C13H26O3S/c1-10-5-6-11(12(14)9-10)13(2,3)7-8-17(4,15)16/h10-12,14H,5-9H2,1-4H3. The van der Waals surface area contributed by atoms with Crippen LogP contribution in [0, 0.1) is 17.3 Å². The first-order valence-corrected chi connectivity index (χ1v) is 8.53. The number of sulfone groups is 1. The van der Waals surface area contributed by atoms with E-state index >= 15 is 0 Å². The van der Waals surface area contributed by atoms with E-state index in [4.69, 9.17) is 0 Å². The molecule has 0 radical (unpaired) electrons. The van der Waals surface area contributed by atoms with E-state index < -0.39 is 9.84 Å².